The summed E-state index contributed by atoms with van der Waals surface area (Å²) < 4.78 is 5.32. The molecule has 0 saturated carbocycles. The van der Waals surface area contributed by atoms with Gasteiger partial charge in [0.1, 0.15) is 5.78 Å². The summed E-state index contributed by atoms with van der Waals surface area (Å²) in [6.45, 7) is 8.98. The number of ether oxygens (including phenoxy) is 1. The third-order valence-electron chi connectivity index (χ3n) is 4.57. The minimum absolute atomic E-state index is 0.0171. The quantitative estimate of drug-likeness (QED) is 0.417. The van der Waals surface area contributed by atoms with Crippen LogP contribution in [-0.4, -0.2) is 54.7 Å². The molecule has 148 valence electrons. The van der Waals surface area contributed by atoms with Crippen molar-refractivity contribution in [2.45, 2.75) is 53.4 Å². The lowest BCUT2D eigenvalue weighted by atomic mass is 9.94. The molecule has 1 saturated heterocycles. The van der Waals surface area contributed by atoms with Crippen LogP contribution in [0.4, 0.5) is 0 Å². The molecule has 0 aromatic rings. The Balaban J connectivity index is 2.11. The SMILES string of the molecule is CC(C)C(=O)CCOCCNC(=O)CCCN1C(=O)CC(C(C)C)C1=O. The van der Waals surface area contributed by atoms with Crippen LogP contribution in [0.5, 0.6) is 0 Å². The maximum Gasteiger partial charge on any atom is 0.233 e. The number of imide groups is 1. The van der Waals surface area contributed by atoms with Gasteiger partial charge >= 0.3 is 0 Å². The van der Waals surface area contributed by atoms with Crippen LogP contribution in [0.3, 0.4) is 0 Å². The summed E-state index contributed by atoms with van der Waals surface area (Å²) in [7, 11) is 0. The van der Waals surface area contributed by atoms with Crippen molar-refractivity contribution in [2.24, 2.45) is 17.8 Å². The molecule has 1 N–H and O–H groups in total. The molecule has 0 radical (unpaired) electrons. The van der Waals surface area contributed by atoms with E-state index in [1.54, 1.807) is 0 Å². The third-order valence-corrected chi connectivity index (χ3v) is 4.57. The third kappa shape index (κ3) is 7.23. The molecule has 1 fully saturated rings. The van der Waals surface area contributed by atoms with Gasteiger partial charge in [-0.25, -0.2) is 0 Å². The highest BCUT2D eigenvalue weighted by Crippen LogP contribution is 2.26. The Bertz CT molecular complexity index is 516. The van der Waals surface area contributed by atoms with E-state index in [0.717, 1.165) is 0 Å². The van der Waals surface area contributed by atoms with Crippen molar-refractivity contribution >= 4 is 23.5 Å². The van der Waals surface area contributed by atoms with Gasteiger partial charge in [0.25, 0.3) is 0 Å². The summed E-state index contributed by atoms with van der Waals surface area (Å²) in [5.41, 5.74) is 0. The Kier molecular flexibility index (Phi) is 9.48. The molecule has 3 amide bonds. The minimum Gasteiger partial charge on any atom is -0.379 e. The van der Waals surface area contributed by atoms with Crippen LogP contribution in [0.15, 0.2) is 0 Å². The molecule has 0 aromatic carbocycles. The van der Waals surface area contributed by atoms with Gasteiger partial charge in [0, 0.05) is 44.2 Å². The van der Waals surface area contributed by atoms with E-state index in [-0.39, 0.29) is 54.1 Å². The van der Waals surface area contributed by atoms with Crippen LogP contribution in [0.1, 0.15) is 53.4 Å². The van der Waals surface area contributed by atoms with Gasteiger partial charge in [-0.15, -0.1) is 0 Å². The van der Waals surface area contributed by atoms with Crippen molar-refractivity contribution < 1.29 is 23.9 Å². The highest BCUT2D eigenvalue weighted by Gasteiger charge is 2.39. The molecular formula is C19H32N2O5. The predicted octanol–water partition coefficient (Wildman–Crippen LogP) is 1.55. The maximum atomic E-state index is 12.2. The van der Waals surface area contributed by atoms with Crippen molar-refractivity contribution in [3.63, 3.8) is 0 Å². The van der Waals surface area contributed by atoms with E-state index in [1.807, 2.05) is 27.7 Å². The second kappa shape index (κ2) is 11.1. The first-order valence-electron chi connectivity index (χ1n) is 9.45. The zero-order valence-electron chi connectivity index (χ0n) is 16.4. The van der Waals surface area contributed by atoms with Crippen LogP contribution in [0.25, 0.3) is 0 Å². The van der Waals surface area contributed by atoms with Crippen molar-refractivity contribution in [2.75, 3.05) is 26.3 Å². The molecule has 7 heteroatoms. The lowest BCUT2D eigenvalue weighted by Crippen LogP contribution is -2.34. The highest BCUT2D eigenvalue weighted by atomic mass is 16.5. The normalized spacial score (nSPS) is 17.5. The minimum atomic E-state index is -0.226. The van der Waals surface area contributed by atoms with Crippen LogP contribution in [0.2, 0.25) is 0 Å². The van der Waals surface area contributed by atoms with E-state index >= 15 is 0 Å². The fourth-order valence-electron chi connectivity index (χ4n) is 2.78. The Morgan fingerprint density at radius 1 is 1.15 bits per heavy atom. The summed E-state index contributed by atoms with van der Waals surface area (Å²) >= 11 is 0. The van der Waals surface area contributed by atoms with Crippen LogP contribution in [-0.2, 0) is 23.9 Å². The van der Waals surface area contributed by atoms with Crippen LogP contribution in [0, 0.1) is 17.8 Å². The molecule has 1 unspecified atom stereocenters. The molecule has 7 nitrogen and oxygen atoms in total. The van der Waals surface area contributed by atoms with Gasteiger partial charge < -0.3 is 10.1 Å². The van der Waals surface area contributed by atoms with E-state index in [0.29, 0.717) is 39.1 Å². The number of nitrogens with zero attached hydrogens (tertiary/aromatic N) is 1. The zero-order chi connectivity index (χ0) is 19.7. The summed E-state index contributed by atoms with van der Waals surface area (Å²) in [6.07, 6.45) is 1.38. The van der Waals surface area contributed by atoms with Gasteiger partial charge in [0.15, 0.2) is 0 Å². The molecule has 0 spiro atoms. The fourth-order valence-corrected chi connectivity index (χ4v) is 2.78. The number of likely N-dealkylation sites (tertiary alicyclic amines) is 1. The van der Waals surface area contributed by atoms with E-state index in [1.165, 1.54) is 4.90 Å². The van der Waals surface area contributed by atoms with Gasteiger partial charge in [-0.3, -0.25) is 24.1 Å². The molecule has 0 bridgehead atoms. The Morgan fingerprint density at radius 2 is 1.85 bits per heavy atom. The Labute approximate surface area is 155 Å². The number of nitrogens with one attached hydrogen (secondary N) is 1. The van der Waals surface area contributed by atoms with E-state index in [2.05, 4.69) is 5.32 Å². The topological polar surface area (TPSA) is 92.8 Å². The molecule has 1 aliphatic heterocycles. The van der Waals surface area contributed by atoms with Crippen molar-refractivity contribution in [1.29, 1.82) is 0 Å². The van der Waals surface area contributed by atoms with Crippen molar-refractivity contribution in [3.8, 4) is 0 Å². The largest absolute Gasteiger partial charge is 0.379 e. The number of ketones is 1. The highest BCUT2D eigenvalue weighted by molar-refractivity contribution is 6.03. The number of rotatable bonds is 12. The Morgan fingerprint density at radius 3 is 2.42 bits per heavy atom. The summed E-state index contributed by atoms with van der Waals surface area (Å²) in [5, 5.41) is 2.73. The average Bonchev–Trinajstić information content (AvgIpc) is 2.85. The number of hydrogen-bond acceptors (Lipinski definition) is 5. The molecule has 0 aromatic heterocycles. The van der Waals surface area contributed by atoms with Gasteiger partial charge in [0.2, 0.25) is 17.7 Å². The van der Waals surface area contributed by atoms with Crippen LogP contribution < -0.4 is 5.32 Å². The van der Waals surface area contributed by atoms with Crippen molar-refractivity contribution in [3.05, 3.63) is 0 Å². The standard InChI is InChI=1S/C19H32N2O5/c1-13(2)15-12-18(24)21(19(15)25)9-5-6-17(23)20-8-11-26-10-7-16(22)14(3)4/h13-15H,5-12H2,1-4H3,(H,20,23). The van der Waals surface area contributed by atoms with E-state index < -0.39 is 0 Å². The predicted molar refractivity (Wildman–Crippen MR) is 97.2 cm³/mol. The number of carbonyl (C=O) groups excluding carboxylic acids is 4. The first kappa shape index (κ1) is 22.3. The lowest BCUT2D eigenvalue weighted by Gasteiger charge is -2.16. The maximum absolute atomic E-state index is 12.2. The first-order chi connectivity index (χ1) is 12.2. The zero-order valence-corrected chi connectivity index (χ0v) is 16.4. The molecule has 1 heterocycles. The Hall–Kier alpha value is -1.76. The molecule has 1 aliphatic rings. The molecule has 1 rings (SSSR count). The summed E-state index contributed by atoms with van der Waals surface area (Å²) in [5.74, 6) is -0.283. The summed E-state index contributed by atoms with van der Waals surface area (Å²) in [4.78, 5) is 48.5. The van der Waals surface area contributed by atoms with E-state index in [9.17, 15) is 19.2 Å². The van der Waals surface area contributed by atoms with Gasteiger partial charge in [-0.2, -0.15) is 0 Å². The first-order valence-corrected chi connectivity index (χ1v) is 9.45. The molecular weight excluding hydrogens is 336 g/mol. The fraction of sp³-hybridized carbons (Fsp3) is 0.789. The lowest BCUT2D eigenvalue weighted by molar-refractivity contribution is -0.140. The van der Waals surface area contributed by atoms with Gasteiger partial charge in [0.05, 0.1) is 13.2 Å². The second-order valence-electron chi connectivity index (χ2n) is 7.38. The number of Topliss-reactive ketones (excluding diaryl/α,β-unsaturated/α-hetero) is 1. The smallest absolute Gasteiger partial charge is 0.233 e. The molecule has 26 heavy (non-hydrogen) atoms. The number of hydrogen-bond donors (Lipinski definition) is 1. The second-order valence-corrected chi connectivity index (χ2v) is 7.38. The van der Waals surface area contributed by atoms with Crippen molar-refractivity contribution in [1.82, 2.24) is 10.2 Å². The van der Waals surface area contributed by atoms with Gasteiger partial charge in [-0.05, 0) is 12.3 Å². The summed E-state index contributed by atoms with van der Waals surface area (Å²) in [6, 6.07) is 0. The van der Waals surface area contributed by atoms with E-state index in [4.69, 9.17) is 4.74 Å². The van der Waals surface area contributed by atoms with Gasteiger partial charge in [-0.1, -0.05) is 27.7 Å². The van der Waals surface area contributed by atoms with Crippen LogP contribution >= 0.6 is 0 Å². The molecule has 1 atom stereocenters. The number of amides is 3. The number of carbonyl (C=O) groups is 4. The average molecular weight is 368 g/mol. The molecule has 0 aliphatic carbocycles. The monoisotopic (exact) mass is 368 g/mol.